The zero-order valence-electron chi connectivity index (χ0n) is 6.88. The van der Waals surface area contributed by atoms with Crippen LogP contribution in [0.2, 0.25) is 5.02 Å². The van der Waals surface area contributed by atoms with Gasteiger partial charge in [0.2, 0.25) is 5.91 Å². The van der Waals surface area contributed by atoms with E-state index in [0.717, 1.165) is 5.56 Å². The molecule has 2 nitrogen and oxygen atoms in total. The fourth-order valence-corrected chi connectivity index (χ4v) is 0.893. The van der Waals surface area contributed by atoms with Crippen LogP contribution in [0.4, 0.5) is 0 Å². The van der Waals surface area contributed by atoms with Crippen LogP contribution in [0.5, 0.6) is 0 Å². The molecule has 0 unspecified atom stereocenters. The van der Waals surface area contributed by atoms with Crippen LogP contribution in [0.25, 0.3) is 0 Å². The third kappa shape index (κ3) is 3.64. The second kappa shape index (κ2) is 4.54. The molecule has 66 valence electrons. The second-order valence-electron chi connectivity index (χ2n) is 2.45. The average molecular weight is 194 g/mol. The fraction of sp³-hybridized carbons (Fsp3) is 0.100. The largest absolute Gasteiger partial charge is 0.369 e. The summed E-state index contributed by atoms with van der Waals surface area (Å²) in [6.07, 6.45) is 0.0859. The number of amides is 1. The van der Waals surface area contributed by atoms with Crippen LogP contribution in [-0.4, -0.2) is 5.91 Å². The van der Waals surface area contributed by atoms with Gasteiger partial charge in [0, 0.05) is 10.6 Å². The molecule has 0 bridgehead atoms. The molecule has 0 atom stereocenters. The number of carbonyl (C=O) groups excluding carboxylic acids is 1. The molecule has 0 aliphatic carbocycles. The summed E-state index contributed by atoms with van der Waals surface area (Å²) >= 11 is 5.67. The normalized spacial score (nSPS) is 8.69. The maximum Gasteiger partial charge on any atom is 0.229 e. The van der Waals surface area contributed by atoms with Crippen LogP contribution in [-0.2, 0) is 4.79 Å². The van der Waals surface area contributed by atoms with Gasteiger partial charge in [-0.15, -0.1) is 0 Å². The van der Waals surface area contributed by atoms with Gasteiger partial charge in [-0.1, -0.05) is 23.4 Å². The lowest BCUT2D eigenvalue weighted by Crippen LogP contribution is -2.08. The Morgan fingerprint density at radius 1 is 1.38 bits per heavy atom. The highest BCUT2D eigenvalue weighted by Gasteiger charge is 1.88. The van der Waals surface area contributed by atoms with Crippen LogP contribution in [0.3, 0.4) is 0 Å². The predicted molar refractivity (Wildman–Crippen MR) is 52.1 cm³/mol. The smallest absolute Gasteiger partial charge is 0.229 e. The summed E-state index contributed by atoms with van der Waals surface area (Å²) < 4.78 is 0. The van der Waals surface area contributed by atoms with Crippen molar-refractivity contribution < 1.29 is 4.79 Å². The number of primary amides is 1. The van der Waals surface area contributed by atoms with Crippen molar-refractivity contribution in [3.63, 3.8) is 0 Å². The molecule has 2 N–H and O–H groups in total. The van der Waals surface area contributed by atoms with Crippen molar-refractivity contribution in [1.82, 2.24) is 0 Å². The first-order valence-corrected chi connectivity index (χ1v) is 4.09. The Bertz CT molecular complexity index is 359. The molecular formula is C10H8ClNO. The Balaban J connectivity index is 2.67. The van der Waals surface area contributed by atoms with E-state index in [1.807, 2.05) is 0 Å². The molecular weight excluding hydrogens is 186 g/mol. The lowest BCUT2D eigenvalue weighted by Gasteiger charge is -1.89. The lowest BCUT2D eigenvalue weighted by atomic mass is 10.2. The number of hydrogen-bond acceptors (Lipinski definition) is 1. The summed E-state index contributed by atoms with van der Waals surface area (Å²) in [6, 6.07) is 7.07. The van der Waals surface area contributed by atoms with Gasteiger partial charge in [-0.25, -0.2) is 0 Å². The van der Waals surface area contributed by atoms with Crippen molar-refractivity contribution in [1.29, 1.82) is 0 Å². The summed E-state index contributed by atoms with van der Waals surface area (Å²) in [6.45, 7) is 0. The number of halogens is 1. The summed E-state index contributed by atoms with van der Waals surface area (Å²) in [4.78, 5) is 10.3. The molecule has 0 spiro atoms. The molecule has 0 saturated heterocycles. The molecule has 0 aliphatic heterocycles. The minimum atomic E-state index is -0.415. The SMILES string of the molecule is NC(=O)CC#Cc1ccc(Cl)cc1. The monoisotopic (exact) mass is 193 g/mol. The first kappa shape index (κ1) is 9.63. The minimum absolute atomic E-state index is 0.0859. The van der Waals surface area contributed by atoms with Gasteiger partial charge < -0.3 is 5.73 Å². The van der Waals surface area contributed by atoms with Crippen LogP contribution < -0.4 is 5.73 Å². The molecule has 13 heavy (non-hydrogen) atoms. The molecule has 0 aromatic heterocycles. The van der Waals surface area contributed by atoms with Gasteiger partial charge in [-0.2, -0.15) is 0 Å². The molecule has 1 aromatic rings. The number of rotatable bonds is 1. The van der Waals surface area contributed by atoms with Crippen LogP contribution in [0.1, 0.15) is 12.0 Å². The maximum atomic E-state index is 10.3. The van der Waals surface area contributed by atoms with Crippen molar-refractivity contribution in [3.05, 3.63) is 34.9 Å². The van der Waals surface area contributed by atoms with Gasteiger partial charge in [-0.05, 0) is 24.3 Å². The molecule has 1 amide bonds. The Kier molecular flexibility index (Phi) is 3.36. The van der Waals surface area contributed by atoms with E-state index < -0.39 is 5.91 Å². The third-order valence-electron chi connectivity index (χ3n) is 1.34. The van der Waals surface area contributed by atoms with Crippen molar-refractivity contribution in [2.75, 3.05) is 0 Å². The van der Waals surface area contributed by atoms with E-state index in [1.54, 1.807) is 24.3 Å². The number of carbonyl (C=O) groups is 1. The number of nitrogens with two attached hydrogens (primary N) is 1. The minimum Gasteiger partial charge on any atom is -0.369 e. The fourth-order valence-electron chi connectivity index (χ4n) is 0.767. The lowest BCUT2D eigenvalue weighted by molar-refractivity contribution is -0.117. The average Bonchev–Trinajstić information content (AvgIpc) is 2.08. The molecule has 0 aliphatic rings. The number of benzene rings is 1. The molecule has 1 aromatic carbocycles. The third-order valence-corrected chi connectivity index (χ3v) is 1.59. The molecule has 3 heteroatoms. The molecule has 0 heterocycles. The zero-order valence-corrected chi connectivity index (χ0v) is 7.64. The van der Waals surface area contributed by atoms with E-state index in [1.165, 1.54) is 0 Å². The van der Waals surface area contributed by atoms with Crippen molar-refractivity contribution >= 4 is 17.5 Å². The molecule has 0 fully saturated rings. The standard InChI is InChI=1S/C10H8ClNO/c11-9-6-4-8(5-7-9)2-1-3-10(12)13/h4-7H,3H2,(H2,12,13). The molecule has 0 radical (unpaired) electrons. The Hall–Kier alpha value is -1.46. The highest BCUT2D eigenvalue weighted by Crippen LogP contribution is 2.08. The van der Waals surface area contributed by atoms with Gasteiger partial charge in [0.25, 0.3) is 0 Å². The molecule has 0 saturated carbocycles. The van der Waals surface area contributed by atoms with Crippen LogP contribution >= 0.6 is 11.6 Å². The summed E-state index contributed by atoms with van der Waals surface area (Å²) in [5, 5.41) is 0.667. The first-order chi connectivity index (χ1) is 6.18. The van der Waals surface area contributed by atoms with E-state index in [-0.39, 0.29) is 6.42 Å². The van der Waals surface area contributed by atoms with E-state index >= 15 is 0 Å². The van der Waals surface area contributed by atoms with Crippen molar-refractivity contribution in [3.8, 4) is 11.8 Å². The highest BCUT2D eigenvalue weighted by atomic mass is 35.5. The summed E-state index contributed by atoms with van der Waals surface area (Å²) in [5.41, 5.74) is 5.74. The van der Waals surface area contributed by atoms with Gasteiger partial charge >= 0.3 is 0 Å². The zero-order chi connectivity index (χ0) is 9.68. The molecule has 1 rings (SSSR count). The Labute approximate surface area is 81.7 Å². The van der Waals surface area contributed by atoms with E-state index in [4.69, 9.17) is 17.3 Å². The van der Waals surface area contributed by atoms with Gasteiger partial charge in [-0.3, -0.25) is 4.79 Å². The van der Waals surface area contributed by atoms with E-state index in [0.29, 0.717) is 5.02 Å². The maximum absolute atomic E-state index is 10.3. The van der Waals surface area contributed by atoms with E-state index in [9.17, 15) is 4.79 Å². The first-order valence-electron chi connectivity index (χ1n) is 3.71. The van der Waals surface area contributed by atoms with Gasteiger partial charge in [0.05, 0.1) is 6.42 Å². The Morgan fingerprint density at radius 3 is 2.54 bits per heavy atom. The van der Waals surface area contributed by atoms with Crippen molar-refractivity contribution in [2.24, 2.45) is 5.73 Å². The topological polar surface area (TPSA) is 43.1 Å². The Morgan fingerprint density at radius 2 is 2.00 bits per heavy atom. The van der Waals surface area contributed by atoms with Crippen molar-refractivity contribution in [2.45, 2.75) is 6.42 Å². The van der Waals surface area contributed by atoms with Crippen LogP contribution in [0.15, 0.2) is 24.3 Å². The highest BCUT2D eigenvalue weighted by molar-refractivity contribution is 6.30. The second-order valence-corrected chi connectivity index (χ2v) is 2.89. The van der Waals surface area contributed by atoms with Crippen LogP contribution in [0, 0.1) is 11.8 Å². The van der Waals surface area contributed by atoms with E-state index in [2.05, 4.69) is 11.8 Å². The summed E-state index contributed by atoms with van der Waals surface area (Å²) in [7, 11) is 0. The summed E-state index contributed by atoms with van der Waals surface area (Å²) in [5.74, 6) is 5.03. The van der Waals surface area contributed by atoms with Gasteiger partial charge in [0.1, 0.15) is 0 Å². The van der Waals surface area contributed by atoms with Gasteiger partial charge in [0.15, 0.2) is 0 Å². The predicted octanol–water partition coefficient (Wildman–Crippen LogP) is 1.57. The quantitative estimate of drug-likeness (QED) is 0.676. The number of hydrogen-bond donors (Lipinski definition) is 1.